The lowest BCUT2D eigenvalue weighted by molar-refractivity contribution is 0.215. The van der Waals surface area contributed by atoms with Crippen molar-refractivity contribution in [3.63, 3.8) is 0 Å². The monoisotopic (exact) mass is 342 g/mol. The van der Waals surface area contributed by atoms with Crippen LogP contribution >= 0.6 is 11.6 Å². The highest BCUT2D eigenvalue weighted by molar-refractivity contribution is 6.31. The van der Waals surface area contributed by atoms with Gasteiger partial charge in [-0.05, 0) is 35.4 Å². The number of rotatable bonds is 5. The van der Waals surface area contributed by atoms with Crippen molar-refractivity contribution in [3.8, 4) is 5.75 Å². The molecule has 0 amide bonds. The molecule has 3 rings (SSSR count). The molecule has 1 unspecified atom stereocenters. The first kappa shape index (κ1) is 16.5. The molecule has 3 aromatic rings. The average Bonchev–Trinajstić information content (AvgIpc) is 2.61. The van der Waals surface area contributed by atoms with E-state index in [0.29, 0.717) is 17.9 Å². The predicted molar refractivity (Wildman–Crippen MR) is 92.7 cm³/mol. The fourth-order valence-corrected chi connectivity index (χ4v) is 2.69. The Morgan fingerprint density at radius 1 is 0.917 bits per heavy atom. The van der Waals surface area contributed by atoms with Gasteiger partial charge in [-0.15, -0.1) is 0 Å². The van der Waals surface area contributed by atoms with Crippen LogP contribution in [0.5, 0.6) is 5.75 Å². The van der Waals surface area contributed by atoms with Gasteiger partial charge in [0.05, 0.1) is 0 Å². The summed E-state index contributed by atoms with van der Waals surface area (Å²) in [6.07, 6.45) is -1.12. The molecule has 0 aliphatic heterocycles. The quantitative estimate of drug-likeness (QED) is 0.695. The maximum Gasteiger partial charge on any atom is 0.130 e. The standard InChI is InChI=1S/C20H16ClFO2/c21-17-7-4-8-18(22)19(17)20(23)15-9-11-16(12-10-15)24-13-14-5-2-1-3-6-14/h1-12,20,23H,13H2. The van der Waals surface area contributed by atoms with Gasteiger partial charge in [0, 0.05) is 10.6 Å². The van der Waals surface area contributed by atoms with E-state index in [9.17, 15) is 9.50 Å². The largest absolute Gasteiger partial charge is 0.489 e. The number of aliphatic hydroxyl groups is 1. The Kier molecular flexibility index (Phi) is 5.14. The van der Waals surface area contributed by atoms with E-state index in [1.54, 1.807) is 30.3 Å². The first-order valence-electron chi connectivity index (χ1n) is 7.54. The molecule has 0 aliphatic rings. The molecule has 2 nitrogen and oxygen atoms in total. The zero-order valence-electron chi connectivity index (χ0n) is 12.8. The zero-order chi connectivity index (χ0) is 16.9. The van der Waals surface area contributed by atoms with E-state index in [2.05, 4.69) is 0 Å². The van der Waals surface area contributed by atoms with Crippen LogP contribution in [0.3, 0.4) is 0 Å². The molecule has 0 bridgehead atoms. The second-order valence-electron chi connectivity index (χ2n) is 5.38. The van der Waals surface area contributed by atoms with Crippen LogP contribution in [-0.4, -0.2) is 5.11 Å². The van der Waals surface area contributed by atoms with Crippen LogP contribution in [0.1, 0.15) is 22.8 Å². The Hall–Kier alpha value is -2.36. The summed E-state index contributed by atoms with van der Waals surface area (Å²) in [5, 5.41) is 10.6. The van der Waals surface area contributed by atoms with E-state index < -0.39 is 11.9 Å². The molecule has 24 heavy (non-hydrogen) atoms. The summed E-state index contributed by atoms with van der Waals surface area (Å²) in [6, 6.07) is 21.1. The summed E-state index contributed by atoms with van der Waals surface area (Å²) in [5.74, 6) is 0.147. The van der Waals surface area contributed by atoms with Crippen LogP contribution in [0.4, 0.5) is 4.39 Å². The number of benzene rings is 3. The molecular formula is C20H16ClFO2. The number of hydrogen-bond donors (Lipinski definition) is 1. The third kappa shape index (κ3) is 3.75. The van der Waals surface area contributed by atoms with Gasteiger partial charge in [-0.3, -0.25) is 0 Å². The highest BCUT2D eigenvalue weighted by Gasteiger charge is 2.18. The maximum absolute atomic E-state index is 13.9. The smallest absolute Gasteiger partial charge is 0.130 e. The van der Waals surface area contributed by atoms with Crippen LogP contribution < -0.4 is 4.74 Å². The van der Waals surface area contributed by atoms with Crippen molar-refractivity contribution in [2.24, 2.45) is 0 Å². The van der Waals surface area contributed by atoms with Crippen LogP contribution in [-0.2, 0) is 6.61 Å². The Balaban J connectivity index is 1.72. The second-order valence-corrected chi connectivity index (χ2v) is 5.79. The van der Waals surface area contributed by atoms with Crippen LogP contribution in [0.25, 0.3) is 0 Å². The fraction of sp³-hybridized carbons (Fsp3) is 0.100. The second kappa shape index (κ2) is 7.47. The third-order valence-electron chi connectivity index (χ3n) is 3.72. The van der Waals surface area contributed by atoms with Gasteiger partial charge < -0.3 is 9.84 Å². The van der Waals surface area contributed by atoms with E-state index in [-0.39, 0.29) is 10.6 Å². The van der Waals surface area contributed by atoms with Crippen LogP contribution in [0.15, 0.2) is 72.8 Å². The number of hydrogen-bond acceptors (Lipinski definition) is 2. The Bertz CT molecular complexity index is 783. The van der Waals surface area contributed by atoms with Crippen molar-refractivity contribution in [3.05, 3.63) is 100 Å². The lowest BCUT2D eigenvalue weighted by atomic mass is 10.0. The molecular weight excluding hydrogens is 327 g/mol. The third-order valence-corrected chi connectivity index (χ3v) is 4.05. The Morgan fingerprint density at radius 2 is 1.62 bits per heavy atom. The molecule has 4 heteroatoms. The van der Waals surface area contributed by atoms with Crippen molar-refractivity contribution in [1.82, 2.24) is 0 Å². The summed E-state index contributed by atoms with van der Waals surface area (Å²) in [5.41, 5.74) is 1.70. The molecule has 0 saturated heterocycles. The number of halogens is 2. The summed E-state index contributed by atoms with van der Waals surface area (Å²) in [7, 11) is 0. The van der Waals surface area contributed by atoms with E-state index in [0.717, 1.165) is 5.56 Å². The molecule has 0 aromatic heterocycles. The minimum absolute atomic E-state index is 0.0807. The molecule has 0 fully saturated rings. The predicted octanol–water partition coefficient (Wildman–Crippen LogP) is 5.14. The molecule has 0 aliphatic carbocycles. The lowest BCUT2D eigenvalue weighted by Gasteiger charge is -2.15. The van der Waals surface area contributed by atoms with Crippen molar-refractivity contribution >= 4 is 11.6 Å². The topological polar surface area (TPSA) is 29.5 Å². The molecule has 0 saturated carbocycles. The van der Waals surface area contributed by atoms with Crippen molar-refractivity contribution < 1.29 is 14.2 Å². The van der Waals surface area contributed by atoms with E-state index in [1.165, 1.54) is 12.1 Å². The molecule has 0 radical (unpaired) electrons. The molecule has 122 valence electrons. The first-order valence-corrected chi connectivity index (χ1v) is 7.91. The lowest BCUT2D eigenvalue weighted by Crippen LogP contribution is -2.03. The normalized spacial score (nSPS) is 12.0. The average molecular weight is 343 g/mol. The number of ether oxygens (including phenoxy) is 1. The van der Waals surface area contributed by atoms with Crippen LogP contribution in [0.2, 0.25) is 5.02 Å². The van der Waals surface area contributed by atoms with Gasteiger partial charge in [-0.2, -0.15) is 0 Å². The molecule has 1 N–H and O–H groups in total. The van der Waals surface area contributed by atoms with Gasteiger partial charge in [0.1, 0.15) is 24.3 Å². The summed E-state index contributed by atoms with van der Waals surface area (Å²) >= 11 is 6.00. The van der Waals surface area contributed by atoms with E-state index >= 15 is 0 Å². The molecule has 0 heterocycles. The van der Waals surface area contributed by atoms with Gasteiger partial charge in [0.15, 0.2) is 0 Å². The van der Waals surface area contributed by atoms with Crippen LogP contribution in [0, 0.1) is 5.82 Å². The molecule has 1 atom stereocenters. The van der Waals surface area contributed by atoms with E-state index in [1.807, 2.05) is 30.3 Å². The summed E-state index contributed by atoms with van der Waals surface area (Å²) < 4.78 is 19.6. The first-order chi connectivity index (χ1) is 11.6. The molecule has 3 aromatic carbocycles. The molecule has 0 spiro atoms. The fourth-order valence-electron chi connectivity index (χ4n) is 2.43. The van der Waals surface area contributed by atoms with Gasteiger partial charge in [0.2, 0.25) is 0 Å². The zero-order valence-corrected chi connectivity index (χ0v) is 13.6. The maximum atomic E-state index is 13.9. The summed E-state index contributed by atoms with van der Waals surface area (Å²) in [4.78, 5) is 0. The summed E-state index contributed by atoms with van der Waals surface area (Å²) in [6.45, 7) is 0.460. The highest BCUT2D eigenvalue weighted by atomic mass is 35.5. The van der Waals surface area contributed by atoms with Crippen molar-refractivity contribution in [1.29, 1.82) is 0 Å². The van der Waals surface area contributed by atoms with E-state index in [4.69, 9.17) is 16.3 Å². The Morgan fingerprint density at radius 3 is 2.29 bits per heavy atom. The number of aliphatic hydroxyl groups excluding tert-OH is 1. The van der Waals surface area contributed by atoms with Gasteiger partial charge >= 0.3 is 0 Å². The minimum atomic E-state index is -1.12. The Labute approximate surface area is 145 Å². The van der Waals surface area contributed by atoms with Crippen molar-refractivity contribution in [2.75, 3.05) is 0 Å². The minimum Gasteiger partial charge on any atom is -0.489 e. The van der Waals surface area contributed by atoms with Gasteiger partial charge in [-0.1, -0.05) is 60.1 Å². The van der Waals surface area contributed by atoms with Crippen molar-refractivity contribution in [2.45, 2.75) is 12.7 Å². The SMILES string of the molecule is OC(c1ccc(OCc2ccccc2)cc1)c1c(F)cccc1Cl. The van der Waals surface area contributed by atoms with Gasteiger partial charge in [0.25, 0.3) is 0 Å². The van der Waals surface area contributed by atoms with Gasteiger partial charge in [-0.25, -0.2) is 4.39 Å². The highest BCUT2D eigenvalue weighted by Crippen LogP contribution is 2.31.